The van der Waals surface area contributed by atoms with Gasteiger partial charge in [0.2, 0.25) is 0 Å². The van der Waals surface area contributed by atoms with Crippen molar-refractivity contribution >= 4 is 28.2 Å². The summed E-state index contributed by atoms with van der Waals surface area (Å²) in [5.41, 5.74) is 13.3. The number of hydrogen-bond donors (Lipinski definition) is 0. The van der Waals surface area contributed by atoms with Crippen LogP contribution in [0.25, 0.3) is 39.1 Å². The Labute approximate surface area is 391 Å². The number of fused-ring (bicyclic) bond motifs is 10. The fraction of sp³-hybridized carbons (Fsp3) is 0.390. The van der Waals surface area contributed by atoms with Crippen LogP contribution < -0.4 is 24.0 Å². The zero-order valence-corrected chi connectivity index (χ0v) is 39.8. The maximum Gasteiger partial charge on any atom is 0.135 e. The molecular weight excluding hydrogens is 817 g/mol. The van der Waals surface area contributed by atoms with Gasteiger partial charge in [0.05, 0.1) is 46.1 Å². The summed E-state index contributed by atoms with van der Waals surface area (Å²) >= 11 is 0. The first-order chi connectivity index (χ1) is 31.9. The van der Waals surface area contributed by atoms with E-state index >= 15 is 0 Å². The molecule has 1 spiro atoms. The number of hydrogen-bond acceptors (Lipinski definition) is 7. The van der Waals surface area contributed by atoms with E-state index in [2.05, 4.69) is 166 Å². The highest BCUT2D eigenvalue weighted by Gasteiger charge is 2.55. The van der Waals surface area contributed by atoms with Crippen LogP contribution in [-0.4, -0.2) is 72.9 Å². The lowest BCUT2D eigenvalue weighted by molar-refractivity contribution is 0.0643. The Bertz CT molecular complexity index is 2750. The summed E-state index contributed by atoms with van der Waals surface area (Å²) in [6, 6.07) is 40.8. The highest BCUT2D eigenvalue weighted by molar-refractivity contribution is 6.11. The van der Waals surface area contributed by atoms with Crippen molar-refractivity contribution in [3.63, 3.8) is 0 Å². The van der Waals surface area contributed by atoms with Crippen LogP contribution in [0.1, 0.15) is 81.7 Å². The fourth-order valence-electron chi connectivity index (χ4n) is 13.5. The number of morpholine rings is 2. The molecule has 3 aliphatic heterocycles. The van der Waals surface area contributed by atoms with Crippen molar-refractivity contribution in [2.75, 3.05) is 76.6 Å². The molecule has 5 aliphatic rings. The second-order valence-corrected chi connectivity index (χ2v) is 21.1. The van der Waals surface area contributed by atoms with Crippen LogP contribution in [0.4, 0.5) is 11.4 Å². The topological polar surface area (TPSA) is 52.6 Å². The number of methoxy groups -OCH3 is 2. The molecule has 7 heteroatoms. The minimum atomic E-state index is -0.660. The highest BCUT2D eigenvalue weighted by Crippen LogP contribution is 2.67. The van der Waals surface area contributed by atoms with Gasteiger partial charge in [0.15, 0.2) is 0 Å². The monoisotopic (exact) mass is 880 g/mol. The van der Waals surface area contributed by atoms with Gasteiger partial charge in [0, 0.05) is 59.5 Å². The van der Waals surface area contributed by atoms with Gasteiger partial charge in [-0.05, 0) is 130 Å². The van der Waals surface area contributed by atoms with Crippen LogP contribution in [0.5, 0.6) is 17.2 Å². The van der Waals surface area contributed by atoms with Crippen molar-refractivity contribution < 1.29 is 23.7 Å². The van der Waals surface area contributed by atoms with Crippen LogP contribution in [-0.2, 0) is 20.3 Å². The second kappa shape index (κ2) is 16.2. The minimum Gasteiger partial charge on any atom is -0.497 e. The van der Waals surface area contributed by atoms with E-state index in [-0.39, 0.29) is 22.3 Å². The molecule has 6 aromatic rings. The molecule has 0 amide bonds. The summed E-state index contributed by atoms with van der Waals surface area (Å²) in [5.74, 6) is 2.61. The smallest absolute Gasteiger partial charge is 0.135 e. The fourth-order valence-corrected chi connectivity index (χ4v) is 13.5. The van der Waals surface area contributed by atoms with Gasteiger partial charge in [0.25, 0.3) is 0 Å². The molecule has 1 atom stereocenters. The van der Waals surface area contributed by atoms with Crippen LogP contribution in [0.3, 0.4) is 0 Å². The van der Waals surface area contributed by atoms with E-state index in [0.717, 1.165) is 86.0 Å². The normalized spacial score (nSPS) is 21.1. The van der Waals surface area contributed by atoms with Gasteiger partial charge in [-0.15, -0.1) is 0 Å². The number of anilines is 2. The molecule has 6 aromatic carbocycles. The third-order valence-corrected chi connectivity index (χ3v) is 15.6. The van der Waals surface area contributed by atoms with Gasteiger partial charge in [-0.3, -0.25) is 0 Å². The molecule has 2 aliphatic carbocycles. The number of ether oxygens (including phenoxy) is 5. The molecule has 0 unspecified atom stereocenters. The second-order valence-electron chi connectivity index (χ2n) is 21.1. The molecule has 0 bridgehead atoms. The van der Waals surface area contributed by atoms with Crippen LogP contribution >= 0.6 is 0 Å². The lowest BCUT2D eigenvalue weighted by Crippen LogP contribution is -2.44. The molecule has 3 fully saturated rings. The van der Waals surface area contributed by atoms with E-state index in [0.29, 0.717) is 13.2 Å². The van der Waals surface area contributed by atoms with Crippen LogP contribution in [0.15, 0.2) is 115 Å². The van der Waals surface area contributed by atoms with Crippen LogP contribution in [0, 0.1) is 10.8 Å². The minimum absolute atomic E-state index is 0.104. The third-order valence-electron chi connectivity index (χ3n) is 15.6. The van der Waals surface area contributed by atoms with Crippen molar-refractivity contribution in [2.45, 2.75) is 70.8 Å². The molecule has 1 saturated carbocycles. The lowest BCUT2D eigenvalue weighted by atomic mass is 9.52. The predicted octanol–water partition coefficient (Wildman–Crippen LogP) is 12.5. The average molecular weight is 881 g/mol. The summed E-state index contributed by atoms with van der Waals surface area (Å²) in [6.07, 6.45) is 7.89. The van der Waals surface area contributed by atoms with E-state index in [1.807, 2.05) is 0 Å². The van der Waals surface area contributed by atoms with Gasteiger partial charge in [-0.1, -0.05) is 101 Å². The molecular formula is C59H64N2O5. The Morgan fingerprint density at radius 3 is 1.77 bits per heavy atom. The molecule has 3 heterocycles. The van der Waals surface area contributed by atoms with Gasteiger partial charge in [-0.2, -0.15) is 0 Å². The first kappa shape index (κ1) is 42.8. The molecule has 0 radical (unpaired) electrons. The Balaban J connectivity index is 1.22. The predicted molar refractivity (Wildman–Crippen MR) is 269 cm³/mol. The van der Waals surface area contributed by atoms with Crippen molar-refractivity contribution in [1.82, 2.24) is 0 Å². The lowest BCUT2D eigenvalue weighted by Gasteiger charge is -2.52. The summed E-state index contributed by atoms with van der Waals surface area (Å²) in [5, 5.41) is 2.40. The first-order valence-corrected chi connectivity index (χ1v) is 24.1. The highest BCUT2D eigenvalue weighted by atomic mass is 16.5. The number of benzene rings is 6. The Hall–Kier alpha value is -5.76. The molecule has 7 nitrogen and oxygen atoms in total. The molecule has 11 rings (SSSR count). The summed E-state index contributed by atoms with van der Waals surface area (Å²) in [4.78, 5) is 4.98. The zero-order chi connectivity index (χ0) is 45.4. The molecule has 340 valence electrons. The average Bonchev–Trinajstić information content (AvgIpc) is 3.48. The summed E-state index contributed by atoms with van der Waals surface area (Å²) in [6.45, 7) is 18.6. The maximum absolute atomic E-state index is 7.87. The van der Waals surface area contributed by atoms with Gasteiger partial charge in [0.1, 0.15) is 23.4 Å². The van der Waals surface area contributed by atoms with Crippen molar-refractivity contribution in [1.29, 1.82) is 0 Å². The van der Waals surface area contributed by atoms with Crippen molar-refractivity contribution in [2.24, 2.45) is 10.8 Å². The number of nitrogens with zero attached hydrogens (tertiary/aromatic N) is 2. The zero-order valence-electron chi connectivity index (χ0n) is 39.8. The SMILES string of the molecule is COc1ccc(C2(c3ccc(OC)cc3)C=Cc3c4c(c5cc(N6CCOCC6)c(-c6ccc(N7CCOCC7)cc6)cc5c3O[C@@H]2C)-c2ccccc2C42CC(C)(C)CC(C)(C)C2)cc1. The van der Waals surface area contributed by atoms with Gasteiger partial charge < -0.3 is 33.5 Å². The largest absolute Gasteiger partial charge is 0.497 e. The Kier molecular flexibility index (Phi) is 10.5. The van der Waals surface area contributed by atoms with E-state index in [1.165, 1.54) is 62.1 Å². The summed E-state index contributed by atoms with van der Waals surface area (Å²) in [7, 11) is 3.46. The third kappa shape index (κ3) is 6.99. The Morgan fingerprint density at radius 2 is 1.18 bits per heavy atom. The number of rotatable bonds is 7. The first-order valence-electron chi connectivity index (χ1n) is 24.1. The quantitative estimate of drug-likeness (QED) is 0.158. The van der Waals surface area contributed by atoms with Crippen LogP contribution in [0.2, 0.25) is 0 Å². The van der Waals surface area contributed by atoms with Crippen molar-refractivity contribution in [3.05, 3.63) is 143 Å². The maximum atomic E-state index is 7.87. The van der Waals surface area contributed by atoms with Gasteiger partial charge in [-0.25, -0.2) is 0 Å². The van der Waals surface area contributed by atoms with Gasteiger partial charge >= 0.3 is 0 Å². The van der Waals surface area contributed by atoms with E-state index in [1.54, 1.807) is 14.2 Å². The molecule has 66 heavy (non-hydrogen) atoms. The Morgan fingerprint density at radius 1 is 0.606 bits per heavy atom. The van der Waals surface area contributed by atoms with E-state index in [4.69, 9.17) is 23.7 Å². The molecule has 2 saturated heterocycles. The molecule has 0 aromatic heterocycles. The standard InChI is InChI=1S/C59H64N2O5/c1-39-59(41-14-20-44(62-6)21-15-41,42-16-22-45(63-7)23-17-42)25-24-47-54-53(46-10-8-9-11-51(46)58(54)37-56(2,3)36-57(4,5)38-58)49-35-52(61-28-32-65-33-29-61)48(34-50(49)55(47)66-39)40-12-18-43(19-13-40)60-26-30-64-31-27-60/h8-25,34-35,39H,26-33,36-38H2,1-7H3/t39-/m1/s1. The summed E-state index contributed by atoms with van der Waals surface area (Å²) < 4.78 is 31.0. The van der Waals surface area contributed by atoms with E-state index < -0.39 is 5.41 Å². The van der Waals surface area contributed by atoms with E-state index in [9.17, 15) is 0 Å². The molecule has 0 N–H and O–H groups in total. The van der Waals surface area contributed by atoms with Crippen molar-refractivity contribution in [3.8, 4) is 39.5 Å².